The Bertz CT molecular complexity index is 840. The number of hydrogen-bond donors (Lipinski definition) is 1. The second-order valence-corrected chi connectivity index (χ2v) is 4.92. The number of hydrogen-bond acceptors (Lipinski definition) is 3. The molecule has 0 aliphatic carbocycles. The van der Waals surface area contributed by atoms with E-state index in [2.05, 4.69) is 4.98 Å². The van der Waals surface area contributed by atoms with Gasteiger partial charge in [-0.05, 0) is 36.6 Å². The van der Waals surface area contributed by atoms with E-state index < -0.39 is 0 Å². The number of aromatic hydroxyl groups is 1. The first-order valence-electron chi connectivity index (χ1n) is 6.30. The molecule has 100 valence electrons. The lowest BCUT2D eigenvalue weighted by Gasteiger charge is -2.09. The second-order valence-electron chi connectivity index (χ2n) is 4.92. The number of phenolic OH excluding ortho intramolecular Hbond substituents is 1. The van der Waals surface area contributed by atoms with E-state index in [1.54, 1.807) is 44.7 Å². The van der Waals surface area contributed by atoms with Gasteiger partial charge in [0.15, 0.2) is 0 Å². The van der Waals surface area contributed by atoms with Crippen LogP contribution in [0.2, 0.25) is 0 Å². The van der Waals surface area contributed by atoms with E-state index in [1.807, 2.05) is 12.1 Å². The highest BCUT2D eigenvalue weighted by Gasteiger charge is 2.09. The van der Waals surface area contributed by atoms with Crippen LogP contribution in [0.4, 0.5) is 0 Å². The van der Waals surface area contributed by atoms with E-state index in [0.717, 1.165) is 16.3 Å². The molecule has 2 heterocycles. The van der Waals surface area contributed by atoms with E-state index in [-0.39, 0.29) is 11.3 Å². The third-order valence-corrected chi connectivity index (χ3v) is 3.43. The first-order valence-corrected chi connectivity index (χ1v) is 6.30. The molecule has 4 heteroatoms. The van der Waals surface area contributed by atoms with Crippen LogP contribution in [0.3, 0.4) is 0 Å². The van der Waals surface area contributed by atoms with Gasteiger partial charge in [-0.2, -0.15) is 0 Å². The summed E-state index contributed by atoms with van der Waals surface area (Å²) in [5.74, 6) is 0.184. The zero-order valence-electron chi connectivity index (χ0n) is 11.3. The molecule has 20 heavy (non-hydrogen) atoms. The van der Waals surface area contributed by atoms with E-state index in [4.69, 9.17) is 0 Å². The number of rotatable bonds is 1. The summed E-state index contributed by atoms with van der Waals surface area (Å²) in [6, 6.07) is 7.29. The Morgan fingerprint density at radius 2 is 2.00 bits per heavy atom. The van der Waals surface area contributed by atoms with Crippen molar-refractivity contribution in [3.05, 3.63) is 58.8 Å². The Kier molecular flexibility index (Phi) is 2.79. The predicted octanol–water partition coefficient (Wildman–Crippen LogP) is 2.61. The summed E-state index contributed by atoms with van der Waals surface area (Å²) >= 11 is 0. The SMILES string of the molecule is Cc1cc(-c2cc3ccncc3cc2O)cn(C)c1=O. The van der Waals surface area contributed by atoms with Crippen molar-refractivity contribution in [1.29, 1.82) is 0 Å². The molecule has 0 unspecified atom stereocenters. The molecule has 0 saturated carbocycles. The summed E-state index contributed by atoms with van der Waals surface area (Å²) in [6.45, 7) is 1.77. The fourth-order valence-corrected chi connectivity index (χ4v) is 2.38. The summed E-state index contributed by atoms with van der Waals surface area (Å²) in [5.41, 5.74) is 2.15. The summed E-state index contributed by atoms with van der Waals surface area (Å²) < 4.78 is 1.53. The van der Waals surface area contributed by atoms with E-state index in [9.17, 15) is 9.90 Å². The van der Waals surface area contributed by atoms with Gasteiger partial charge in [-0.15, -0.1) is 0 Å². The summed E-state index contributed by atoms with van der Waals surface area (Å²) in [5, 5.41) is 12.1. The standard InChI is InChI=1S/C16H14N2O2/c1-10-5-13(9-18(2)16(10)20)14-6-11-3-4-17-8-12(11)7-15(14)19/h3-9,19H,1-2H3. The fraction of sp³-hybridized carbons (Fsp3) is 0.125. The number of nitrogens with zero attached hydrogens (tertiary/aromatic N) is 2. The summed E-state index contributed by atoms with van der Waals surface area (Å²) in [6.07, 6.45) is 5.16. The monoisotopic (exact) mass is 266 g/mol. The highest BCUT2D eigenvalue weighted by atomic mass is 16.3. The molecule has 0 bridgehead atoms. The average Bonchev–Trinajstić information content (AvgIpc) is 2.43. The smallest absolute Gasteiger partial charge is 0.253 e. The van der Waals surface area contributed by atoms with Crippen molar-refractivity contribution in [1.82, 2.24) is 9.55 Å². The van der Waals surface area contributed by atoms with Gasteiger partial charge in [0.2, 0.25) is 0 Å². The molecule has 1 N–H and O–H groups in total. The van der Waals surface area contributed by atoms with Crippen LogP contribution >= 0.6 is 0 Å². The van der Waals surface area contributed by atoms with Crippen LogP contribution in [-0.4, -0.2) is 14.7 Å². The molecule has 0 atom stereocenters. The minimum absolute atomic E-state index is 0.0294. The molecule has 0 spiro atoms. The number of pyridine rings is 2. The van der Waals surface area contributed by atoms with Gasteiger partial charge < -0.3 is 9.67 Å². The van der Waals surface area contributed by atoms with Crippen molar-refractivity contribution < 1.29 is 5.11 Å². The highest BCUT2D eigenvalue weighted by Crippen LogP contribution is 2.32. The van der Waals surface area contributed by atoms with Crippen molar-refractivity contribution in [2.24, 2.45) is 7.05 Å². The Balaban J connectivity index is 2.29. The van der Waals surface area contributed by atoms with Crippen molar-refractivity contribution in [3.63, 3.8) is 0 Å². The lowest BCUT2D eigenvalue weighted by Crippen LogP contribution is -2.18. The van der Waals surface area contributed by atoms with Crippen molar-refractivity contribution in [2.75, 3.05) is 0 Å². The van der Waals surface area contributed by atoms with Crippen LogP contribution < -0.4 is 5.56 Å². The Labute approximate surface area is 116 Å². The van der Waals surface area contributed by atoms with Crippen LogP contribution in [0.1, 0.15) is 5.56 Å². The number of fused-ring (bicyclic) bond motifs is 1. The highest BCUT2D eigenvalue weighted by molar-refractivity contribution is 5.89. The first kappa shape index (κ1) is 12.4. The third kappa shape index (κ3) is 1.95. The zero-order valence-corrected chi connectivity index (χ0v) is 11.3. The normalized spacial score (nSPS) is 10.9. The number of phenols is 1. The van der Waals surface area contributed by atoms with E-state index >= 15 is 0 Å². The minimum Gasteiger partial charge on any atom is -0.507 e. The molecule has 0 radical (unpaired) electrons. The van der Waals surface area contributed by atoms with Crippen LogP contribution in [0.15, 0.2) is 47.7 Å². The summed E-state index contributed by atoms with van der Waals surface area (Å²) in [4.78, 5) is 15.8. The molecule has 0 amide bonds. The Hall–Kier alpha value is -2.62. The topological polar surface area (TPSA) is 55.1 Å². The van der Waals surface area contributed by atoms with Crippen LogP contribution in [-0.2, 0) is 7.05 Å². The molecule has 0 aliphatic heterocycles. The second kappa shape index (κ2) is 4.49. The maximum atomic E-state index is 11.7. The third-order valence-electron chi connectivity index (χ3n) is 3.43. The molecule has 4 nitrogen and oxygen atoms in total. The first-order chi connectivity index (χ1) is 9.56. The lowest BCUT2D eigenvalue weighted by molar-refractivity contribution is 0.478. The molecule has 0 fully saturated rings. The molecule has 2 aromatic heterocycles. The lowest BCUT2D eigenvalue weighted by atomic mass is 10.0. The van der Waals surface area contributed by atoms with Gasteiger partial charge in [0.05, 0.1) is 0 Å². The number of aromatic nitrogens is 2. The maximum Gasteiger partial charge on any atom is 0.253 e. The van der Waals surface area contributed by atoms with Gasteiger partial charge in [0.25, 0.3) is 5.56 Å². The van der Waals surface area contributed by atoms with E-state index in [0.29, 0.717) is 11.1 Å². The fourth-order valence-electron chi connectivity index (χ4n) is 2.38. The van der Waals surface area contributed by atoms with Crippen LogP contribution in [0, 0.1) is 6.92 Å². The largest absolute Gasteiger partial charge is 0.507 e. The van der Waals surface area contributed by atoms with Crippen molar-refractivity contribution >= 4 is 10.8 Å². The minimum atomic E-state index is -0.0294. The van der Waals surface area contributed by atoms with Crippen molar-refractivity contribution in [2.45, 2.75) is 6.92 Å². The average molecular weight is 266 g/mol. The zero-order chi connectivity index (χ0) is 14.3. The Morgan fingerprint density at radius 3 is 2.75 bits per heavy atom. The molecule has 3 aromatic rings. The molecule has 3 rings (SSSR count). The van der Waals surface area contributed by atoms with Crippen LogP contribution in [0.5, 0.6) is 5.75 Å². The molecule has 1 aromatic carbocycles. The van der Waals surface area contributed by atoms with Gasteiger partial charge in [-0.25, -0.2) is 0 Å². The quantitative estimate of drug-likeness (QED) is 0.736. The predicted molar refractivity (Wildman–Crippen MR) is 78.8 cm³/mol. The number of aryl methyl sites for hydroxylation is 2. The Morgan fingerprint density at radius 1 is 1.20 bits per heavy atom. The molecular weight excluding hydrogens is 252 g/mol. The van der Waals surface area contributed by atoms with Gasteiger partial charge in [0, 0.05) is 47.7 Å². The summed E-state index contributed by atoms with van der Waals surface area (Å²) in [7, 11) is 1.71. The number of benzene rings is 1. The van der Waals surface area contributed by atoms with Crippen LogP contribution in [0.25, 0.3) is 21.9 Å². The molecular formula is C16H14N2O2. The molecule has 0 aliphatic rings. The van der Waals surface area contributed by atoms with Gasteiger partial charge in [-0.3, -0.25) is 9.78 Å². The van der Waals surface area contributed by atoms with Gasteiger partial charge >= 0.3 is 0 Å². The van der Waals surface area contributed by atoms with E-state index in [1.165, 1.54) is 4.57 Å². The van der Waals surface area contributed by atoms with Gasteiger partial charge in [-0.1, -0.05) is 0 Å². The van der Waals surface area contributed by atoms with Gasteiger partial charge in [0.1, 0.15) is 5.75 Å². The van der Waals surface area contributed by atoms with Crippen molar-refractivity contribution in [3.8, 4) is 16.9 Å². The molecule has 0 saturated heterocycles. The maximum absolute atomic E-state index is 11.7.